The minimum atomic E-state index is -4.70. The van der Waals surface area contributed by atoms with Crippen LogP contribution >= 0.6 is 7.75 Å². The number of hydrogen-bond donors (Lipinski definition) is 2. The number of aromatic nitrogens is 3. The third-order valence-electron chi connectivity index (χ3n) is 8.06. The Morgan fingerprint density at radius 2 is 1.63 bits per heavy atom. The summed E-state index contributed by atoms with van der Waals surface area (Å²) in [4.78, 5) is 57.0. The lowest BCUT2D eigenvalue weighted by molar-refractivity contribution is -0.173. The number of carbonyl (C=O) groups excluding carboxylic acids is 4. The summed E-state index contributed by atoms with van der Waals surface area (Å²) in [5, 5.41) is 17.6. The Hall–Kier alpha value is -5.08. The number of ether oxygens (including phenoxy) is 4. The highest BCUT2D eigenvalue weighted by atomic mass is 31.2. The first-order valence-corrected chi connectivity index (χ1v) is 18.7. The predicted molar refractivity (Wildman–Crippen MR) is 191 cm³/mol. The van der Waals surface area contributed by atoms with Crippen molar-refractivity contribution in [1.82, 2.24) is 24.6 Å². The minimum Gasteiger partial charge on any atom is -0.462 e. The molecule has 1 amide bonds. The summed E-state index contributed by atoms with van der Waals surface area (Å²) in [7, 11) is -1.53. The molecule has 1 fully saturated rings. The summed E-state index contributed by atoms with van der Waals surface area (Å²) >= 11 is 0. The van der Waals surface area contributed by atoms with E-state index in [2.05, 4.69) is 15.2 Å². The van der Waals surface area contributed by atoms with Gasteiger partial charge in [-0.05, 0) is 57.2 Å². The maximum atomic E-state index is 14.6. The Bertz CT molecular complexity index is 1940. The van der Waals surface area contributed by atoms with Crippen LogP contribution in [0.3, 0.4) is 0 Å². The number of fused-ring (bicyclic) bond motifs is 1. The van der Waals surface area contributed by atoms with E-state index in [9.17, 15) is 29.0 Å². The molecule has 0 unspecified atom stereocenters. The van der Waals surface area contributed by atoms with Gasteiger partial charge in [0.1, 0.15) is 42.4 Å². The summed E-state index contributed by atoms with van der Waals surface area (Å²) in [6.07, 6.45) is -3.77. The van der Waals surface area contributed by atoms with Gasteiger partial charge in [-0.3, -0.25) is 23.7 Å². The second kappa shape index (κ2) is 16.9. The summed E-state index contributed by atoms with van der Waals surface area (Å²) in [6, 6.07) is 9.51. The molecule has 19 heteroatoms. The molecule has 0 saturated carbocycles. The number of nitrogen functional groups attached to an aromatic ring is 1. The fourth-order valence-electron chi connectivity index (χ4n) is 5.21. The maximum absolute atomic E-state index is 14.6. The van der Waals surface area contributed by atoms with E-state index in [1.54, 1.807) is 67.8 Å². The highest BCUT2D eigenvalue weighted by molar-refractivity contribution is 7.52. The first kappa shape index (κ1) is 41.7. The molecule has 0 aliphatic carbocycles. The van der Waals surface area contributed by atoms with Crippen LogP contribution in [0.5, 0.6) is 5.75 Å². The fraction of sp³-hybridized carbons (Fsp3) is 0.514. The van der Waals surface area contributed by atoms with E-state index in [0.29, 0.717) is 11.1 Å². The Kier molecular flexibility index (Phi) is 13.1. The zero-order valence-corrected chi connectivity index (χ0v) is 32.4. The molecule has 18 nitrogen and oxygen atoms in total. The van der Waals surface area contributed by atoms with Crippen LogP contribution in [0.2, 0.25) is 0 Å². The van der Waals surface area contributed by atoms with Crippen LogP contribution in [0.25, 0.3) is 5.52 Å². The van der Waals surface area contributed by atoms with Crippen LogP contribution in [-0.4, -0.2) is 94.0 Å². The van der Waals surface area contributed by atoms with Crippen molar-refractivity contribution in [2.24, 2.45) is 11.8 Å². The molecule has 0 spiro atoms. The highest BCUT2D eigenvalue weighted by Gasteiger charge is 2.62. The number of nitrogens with one attached hydrogen (secondary N) is 1. The molecule has 3 N–H and O–H groups in total. The number of nitriles is 1. The number of hydrogen-bond acceptors (Lipinski definition) is 15. The van der Waals surface area contributed by atoms with Gasteiger partial charge in [-0.15, -0.1) is 0 Å². The van der Waals surface area contributed by atoms with Gasteiger partial charge >= 0.3 is 25.7 Å². The third kappa shape index (κ3) is 9.34. The smallest absolute Gasteiger partial charge is 0.459 e. The molecule has 1 aliphatic heterocycles. The van der Waals surface area contributed by atoms with Gasteiger partial charge < -0.3 is 34.1 Å². The number of esters is 3. The average Bonchev–Trinajstić information content (AvgIpc) is 3.67. The van der Waals surface area contributed by atoms with Crippen LogP contribution in [0.15, 0.2) is 42.7 Å². The van der Waals surface area contributed by atoms with Crippen molar-refractivity contribution in [2.45, 2.75) is 84.5 Å². The number of benzene rings is 1. The molecule has 54 heavy (non-hydrogen) atoms. The topological polar surface area (TPSA) is 236 Å². The van der Waals surface area contributed by atoms with Gasteiger partial charge in [0.05, 0.1) is 23.6 Å². The molecule has 1 aliphatic rings. The van der Waals surface area contributed by atoms with E-state index >= 15 is 0 Å². The standard InChI is InChI=1S/C35H46N7O11P/c1-19(2)32(44)50-28-27(25-14-15-26-30(37)38-18-39-42(25)26)52-35(16-36,29(28)51-33(45)20(3)4)17-48-54(47,40-22(7)34(46)49-21(5)6)53-24-12-10-23(11-13-24)31(43)41(8)9/h10-15,18-22,27-29H,17H2,1-9H3,(H,40,47)(H2,37,38,39)/t22-,27-,28-,29-,35+,54-/m0/s1. The number of anilines is 1. The van der Waals surface area contributed by atoms with E-state index in [0.717, 1.165) is 0 Å². The molecule has 1 saturated heterocycles. The molecule has 4 rings (SSSR count). The second-order valence-corrected chi connectivity index (χ2v) is 15.4. The van der Waals surface area contributed by atoms with E-state index in [-0.39, 0.29) is 23.2 Å². The Balaban J connectivity index is 1.80. The van der Waals surface area contributed by atoms with Crippen molar-refractivity contribution >= 4 is 42.9 Å². The molecule has 2 aromatic heterocycles. The van der Waals surface area contributed by atoms with E-state index in [4.69, 9.17) is 33.7 Å². The lowest BCUT2D eigenvalue weighted by atomic mass is 9.95. The van der Waals surface area contributed by atoms with Crippen molar-refractivity contribution < 1.29 is 51.7 Å². The molecular weight excluding hydrogens is 725 g/mol. The van der Waals surface area contributed by atoms with Gasteiger partial charge in [-0.1, -0.05) is 27.7 Å². The average molecular weight is 772 g/mol. The van der Waals surface area contributed by atoms with Crippen molar-refractivity contribution in [3.63, 3.8) is 0 Å². The molecule has 3 heterocycles. The van der Waals surface area contributed by atoms with Crippen LogP contribution in [0.1, 0.15) is 70.6 Å². The summed E-state index contributed by atoms with van der Waals surface area (Å²) < 4.78 is 51.1. The molecule has 1 aromatic carbocycles. The minimum absolute atomic E-state index is 0.0368. The summed E-state index contributed by atoms with van der Waals surface area (Å²) in [5.74, 6) is -3.82. The van der Waals surface area contributed by atoms with Crippen LogP contribution < -0.4 is 15.3 Å². The first-order chi connectivity index (χ1) is 25.3. The number of amides is 1. The molecule has 3 aromatic rings. The SMILES string of the molecule is CC(C)OC(=O)[C@H](C)N[P@](=O)(OC[C@@]1(C#N)O[C@@H](c2ccc3c(N)ncnn23)[C@H](OC(=O)C(C)C)[C@@H]1OC(=O)C(C)C)Oc1ccc(C(=O)N(C)C)cc1. The second-order valence-electron chi connectivity index (χ2n) is 13.7. The predicted octanol–water partition coefficient (Wildman–Crippen LogP) is 3.62. The van der Waals surface area contributed by atoms with E-state index in [1.165, 1.54) is 46.9 Å². The summed E-state index contributed by atoms with van der Waals surface area (Å²) in [5.41, 5.74) is 4.68. The number of carbonyl (C=O) groups is 4. The zero-order chi connectivity index (χ0) is 40.1. The van der Waals surface area contributed by atoms with Crippen molar-refractivity contribution in [3.8, 4) is 11.8 Å². The lowest BCUT2D eigenvalue weighted by Gasteiger charge is -2.31. The molecule has 0 bridgehead atoms. The van der Waals surface area contributed by atoms with Gasteiger partial charge in [0.25, 0.3) is 5.91 Å². The van der Waals surface area contributed by atoms with Gasteiger partial charge in [0.15, 0.2) is 18.0 Å². The van der Waals surface area contributed by atoms with Gasteiger partial charge in [0, 0.05) is 19.7 Å². The van der Waals surface area contributed by atoms with E-state index < -0.39 is 80.2 Å². The largest absolute Gasteiger partial charge is 0.462 e. The number of rotatable bonds is 15. The molecule has 292 valence electrons. The Labute approximate surface area is 312 Å². The van der Waals surface area contributed by atoms with Crippen molar-refractivity contribution in [1.29, 1.82) is 5.26 Å². The van der Waals surface area contributed by atoms with Crippen molar-refractivity contribution in [3.05, 3.63) is 54.0 Å². The molecular formula is C35H46N7O11P. The summed E-state index contributed by atoms with van der Waals surface area (Å²) in [6.45, 7) is 10.0. The highest BCUT2D eigenvalue weighted by Crippen LogP contribution is 2.50. The fourth-order valence-corrected chi connectivity index (χ4v) is 6.73. The quantitative estimate of drug-likeness (QED) is 0.127. The Morgan fingerprint density at radius 3 is 2.20 bits per heavy atom. The lowest BCUT2D eigenvalue weighted by Crippen LogP contribution is -2.50. The number of nitrogens with two attached hydrogens (primary N) is 1. The maximum Gasteiger partial charge on any atom is 0.459 e. The molecule has 6 atom stereocenters. The third-order valence-corrected chi connectivity index (χ3v) is 9.69. The van der Waals surface area contributed by atoms with Crippen LogP contribution in [0.4, 0.5) is 5.82 Å². The normalized spacial score (nSPS) is 21.4. The first-order valence-electron chi connectivity index (χ1n) is 17.1. The van der Waals surface area contributed by atoms with Crippen LogP contribution in [0, 0.1) is 23.2 Å². The van der Waals surface area contributed by atoms with Crippen LogP contribution in [-0.2, 0) is 42.4 Å². The monoisotopic (exact) mass is 771 g/mol. The van der Waals surface area contributed by atoms with Crippen molar-refractivity contribution in [2.75, 3.05) is 26.4 Å². The van der Waals surface area contributed by atoms with E-state index in [1.807, 2.05) is 6.07 Å². The number of nitrogens with zero attached hydrogens (tertiary/aromatic N) is 5. The zero-order valence-electron chi connectivity index (χ0n) is 31.5. The van der Waals surface area contributed by atoms with Gasteiger partial charge in [-0.2, -0.15) is 15.4 Å². The molecule has 0 radical (unpaired) electrons. The van der Waals surface area contributed by atoms with Gasteiger partial charge in [0.2, 0.25) is 5.60 Å². The van der Waals surface area contributed by atoms with Gasteiger partial charge in [-0.25, -0.2) is 14.1 Å². The Morgan fingerprint density at radius 1 is 1.00 bits per heavy atom.